The molecule has 4 aromatic rings. The maximum Gasteiger partial charge on any atom is 0.251 e. The molecule has 0 saturated heterocycles. The predicted molar refractivity (Wildman–Crippen MR) is 142 cm³/mol. The number of halogens is 1. The van der Waals surface area contributed by atoms with Crippen molar-refractivity contribution >= 4 is 34.5 Å². The molecule has 0 radical (unpaired) electrons. The Bertz CT molecular complexity index is 1390. The van der Waals surface area contributed by atoms with Gasteiger partial charge in [0.05, 0.1) is 0 Å². The van der Waals surface area contributed by atoms with E-state index in [0.717, 1.165) is 58.5 Å². The third kappa shape index (κ3) is 5.26. The number of fused-ring (bicyclic) bond motifs is 3. The summed E-state index contributed by atoms with van der Waals surface area (Å²) in [6, 6.07) is 21.0. The smallest absolute Gasteiger partial charge is 0.251 e. The number of phenols is 1. The Morgan fingerprint density at radius 1 is 1.11 bits per heavy atom. The number of nitrogens with zero attached hydrogens (tertiary/aromatic N) is 1. The Balaban J connectivity index is 1.20. The molecule has 3 aromatic carbocycles. The van der Waals surface area contributed by atoms with Gasteiger partial charge in [-0.1, -0.05) is 60.2 Å². The Kier molecular flexibility index (Phi) is 6.89. The van der Waals surface area contributed by atoms with Crippen LogP contribution in [-0.2, 0) is 19.5 Å². The van der Waals surface area contributed by atoms with Gasteiger partial charge >= 0.3 is 0 Å². The SMILES string of the molecule is O=C(NCCC=Cc1ccccc1Cl)c1ccccc1CN1CCc2c([nH]c3ccc(O)cc23)C1. The van der Waals surface area contributed by atoms with E-state index in [0.29, 0.717) is 18.8 Å². The minimum atomic E-state index is -0.0504. The molecule has 0 saturated carbocycles. The van der Waals surface area contributed by atoms with Crippen molar-refractivity contribution < 1.29 is 9.90 Å². The fourth-order valence-electron chi connectivity index (χ4n) is 4.72. The number of benzene rings is 3. The first kappa shape index (κ1) is 23.2. The van der Waals surface area contributed by atoms with Gasteiger partial charge in [0, 0.05) is 53.4 Å². The Morgan fingerprint density at radius 3 is 2.83 bits per heavy atom. The number of nitrogens with one attached hydrogen (secondary N) is 2. The van der Waals surface area contributed by atoms with E-state index < -0.39 is 0 Å². The highest BCUT2D eigenvalue weighted by Crippen LogP contribution is 2.30. The number of H-pyrrole nitrogens is 1. The molecule has 35 heavy (non-hydrogen) atoms. The third-order valence-electron chi connectivity index (χ3n) is 6.49. The van der Waals surface area contributed by atoms with Gasteiger partial charge in [-0.3, -0.25) is 9.69 Å². The summed E-state index contributed by atoms with van der Waals surface area (Å²) in [5.41, 5.74) is 6.23. The maximum absolute atomic E-state index is 12.9. The molecule has 5 rings (SSSR count). The molecule has 5 nitrogen and oxygen atoms in total. The van der Waals surface area contributed by atoms with Crippen molar-refractivity contribution in [2.75, 3.05) is 13.1 Å². The normalized spacial score (nSPS) is 13.9. The summed E-state index contributed by atoms with van der Waals surface area (Å²) in [4.78, 5) is 18.8. The number of aromatic amines is 1. The molecule has 6 heteroatoms. The van der Waals surface area contributed by atoms with Crippen LogP contribution < -0.4 is 5.32 Å². The Labute approximate surface area is 210 Å². The topological polar surface area (TPSA) is 68.4 Å². The summed E-state index contributed by atoms with van der Waals surface area (Å²) in [7, 11) is 0. The Morgan fingerprint density at radius 2 is 1.94 bits per heavy atom. The first-order chi connectivity index (χ1) is 17.1. The Hall–Kier alpha value is -3.54. The highest BCUT2D eigenvalue weighted by atomic mass is 35.5. The molecule has 0 fully saturated rings. The summed E-state index contributed by atoms with van der Waals surface area (Å²) in [6.07, 6.45) is 5.64. The molecular weight excluding hydrogens is 458 g/mol. The number of carbonyl (C=O) groups is 1. The molecule has 1 aliphatic rings. The molecule has 3 N–H and O–H groups in total. The lowest BCUT2D eigenvalue weighted by Crippen LogP contribution is -2.31. The molecule has 0 spiro atoms. The average Bonchev–Trinajstić information content (AvgIpc) is 3.22. The van der Waals surface area contributed by atoms with Gasteiger partial charge in [-0.25, -0.2) is 0 Å². The van der Waals surface area contributed by atoms with E-state index in [1.165, 1.54) is 11.3 Å². The molecule has 0 unspecified atom stereocenters. The lowest BCUT2D eigenvalue weighted by atomic mass is 10.0. The molecule has 1 aromatic heterocycles. The van der Waals surface area contributed by atoms with Gasteiger partial charge < -0.3 is 15.4 Å². The zero-order valence-electron chi connectivity index (χ0n) is 19.4. The van der Waals surface area contributed by atoms with Gasteiger partial charge in [0.25, 0.3) is 5.91 Å². The summed E-state index contributed by atoms with van der Waals surface area (Å²) in [5.74, 6) is 0.242. The van der Waals surface area contributed by atoms with Crippen molar-refractivity contribution in [3.05, 3.63) is 106 Å². The molecule has 1 aliphatic heterocycles. The standard InChI is InChI=1S/C29H28ClN3O2/c30-26-11-4-2-7-20(26)8-5-6-15-31-29(35)23-10-3-1-9-21(23)18-33-16-14-24-25-17-22(34)12-13-27(25)32-28(24)19-33/h1-5,7-13,17,32,34H,6,14-16,18-19H2,(H,31,35). The lowest BCUT2D eigenvalue weighted by Gasteiger charge is -2.27. The van der Waals surface area contributed by atoms with Crippen LogP contribution in [0.25, 0.3) is 17.0 Å². The van der Waals surface area contributed by atoms with Crippen molar-refractivity contribution in [3.8, 4) is 5.75 Å². The van der Waals surface area contributed by atoms with Crippen molar-refractivity contribution in [1.29, 1.82) is 0 Å². The van der Waals surface area contributed by atoms with Crippen molar-refractivity contribution in [2.24, 2.45) is 0 Å². The van der Waals surface area contributed by atoms with Crippen molar-refractivity contribution in [2.45, 2.75) is 25.9 Å². The predicted octanol–water partition coefficient (Wildman–Crippen LogP) is 5.92. The second-order valence-electron chi connectivity index (χ2n) is 8.90. The van der Waals surface area contributed by atoms with Gasteiger partial charge in [-0.15, -0.1) is 0 Å². The molecule has 0 atom stereocenters. The molecule has 0 aliphatic carbocycles. The van der Waals surface area contributed by atoms with Crippen LogP contribution in [0.3, 0.4) is 0 Å². The van der Waals surface area contributed by atoms with E-state index in [1.807, 2.05) is 72.8 Å². The van der Waals surface area contributed by atoms with E-state index in [2.05, 4.69) is 15.2 Å². The van der Waals surface area contributed by atoms with Crippen molar-refractivity contribution in [1.82, 2.24) is 15.2 Å². The number of amides is 1. The van der Waals surface area contributed by atoms with Crippen LogP contribution >= 0.6 is 11.6 Å². The van der Waals surface area contributed by atoms with E-state index in [4.69, 9.17) is 11.6 Å². The molecule has 2 heterocycles. The number of hydrogen-bond donors (Lipinski definition) is 3. The van der Waals surface area contributed by atoms with E-state index >= 15 is 0 Å². The molecule has 178 valence electrons. The highest BCUT2D eigenvalue weighted by molar-refractivity contribution is 6.32. The van der Waals surface area contributed by atoms with Gasteiger partial charge in [0.15, 0.2) is 0 Å². The van der Waals surface area contributed by atoms with E-state index in [-0.39, 0.29) is 5.91 Å². The van der Waals surface area contributed by atoms with Crippen LogP contribution in [0.15, 0.2) is 72.8 Å². The molecular formula is C29H28ClN3O2. The average molecular weight is 486 g/mol. The fourth-order valence-corrected chi connectivity index (χ4v) is 4.92. The number of hydrogen-bond acceptors (Lipinski definition) is 3. The quantitative estimate of drug-likeness (QED) is 0.285. The summed E-state index contributed by atoms with van der Waals surface area (Å²) >= 11 is 6.18. The second kappa shape index (κ2) is 10.4. The minimum Gasteiger partial charge on any atom is -0.508 e. The summed E-state index contributed by atoms with van der Waals surface area (Å²) in [5, 5.41) is 14.7. The van der Waals surface area contributed by atoms with Gasteiger partial charge in [-0.05, 0) is 59.9 Å². The van der Waals surface area contributed by atoms with Gasteiger partial charge in [0.2, 0.25) is 0 Å². The monoisotopic (exact) mass is 485 g/mol. The van der Waals surface area contributed by atoms with Gasteiger partial charge in [-0.2, -0.15) is 0 Å². The first-order valence-electron chi connectivity index (χ1n) is 11.9. The van der Waals surface area contributed by atoms with E-state index in [9.17, 15) is 9.90 Å². The number of aromatic hydroxyl groups is 1. The largest absolute Gasteiger partial charge is 0.508 e. The molecule has 0 bridgehead atoms. The van der Waals surface area contributed by atoms with Crippen LogP contribution in [0.5, 0.6) is 5.75 Å². The zero-order valence-corrected chi connectivity index (χ0v) is 20.2. The number of carbonyl (C=O) groups excluding carboxylic acids is 1. The van der Waals surface area contributed by atoms with Crippen LogP contribution in [0.4, 0.5) is 0 Å². The fraction of sp³-hybridized carbons (Fsp3) is 0.207. The number of aromatic nitrogens is 1. The highest BCUT2D eigenvalue weighted by Gasteiger charge is 2.22. The van der Waals surface area contributed by atoms with Crippen LogP contribution in [0.1, 0.15) is 39.2 Å². The van der Waals surface area contributed by atoms with Crippen LogP contribution in [0, 0.1) is 0 Å². The number of phenolic OH excluding ortho intramolecular Hbond substituents is 1. The first-order valence-corrected chi connectivity index (χ1v) is 12.3. The zero-order chi connectivity index (χ0) is 24.2. The number of rotatable bonds is 7. The van der Waals surface area contributed by atoms with Crippen molar-refractivity contribution in [3.63, 3.8) is 0 Å². The van der Waals surface area contributed by atoms with E-state index in [1.54, 1.807) is 6.07 Å². The minimum absolute atomic E-state index is 0.0504. The lowest BCUT2D eigenvalue weighted by molar-refractivity contribution is 0.0952. The second-order valence-corrected chi connectivity index (χ2v) is 9.31. The van der Waals surface area contributed by atoms with Gasteiger partial charge in [0.1, 0.15) is 5.75 Å². The van der Waals surface area contributed by atoms with Crippen LogP contribution in [0.2, 0.25) is 5.02 Å². The summed E-state index contributed by atoms with van der Waals surface area (Å²) < 4.78 is 0. The maximum atomic E-state index is 12.9. The van der Waals surface area contributed by atoms with Crippen LogP contribution in [-0.4, -0.2) is 34.0 Å². The summed E-state index contributed by atoms with van der Waals surface area (Å²) in [6.45, 7) is 2.95. The third-order valence-corrected chi connectivity index (χ3v) is 6.84. The molecule has 1 amide bonds.